The molecule has 0 heterocycles. The normalized spacial score (nSPS) is 10.2. The van der Waals surface area contributed by atoms with Crippen LogP contribution in [0.2, 0.25) is 0 Å². The number of methoxy groups -OCH3 is 2. The van der Waals surface area contributed by atoms with Gasteiger partial charge in [-0.3, -0.25) is 4.79 Å². The van der Waals surface area contributed by atoms with Gasteiger partial charge in [0.2, 0.25) is 0 Å². The third-order valence-electron chi connectivity index (χ3n) is 2.63. The van der Waals surface area contributed by atoms with Gasteiger partial charge in [-0.15, -0.1) is 9.24 Å². The van der Waals surface area contributed by atoms with Crippen molar-refractivity contribution in [2.75, 3.05) is 20.4 Å². The Morgan fingerprint density at radius 1 is 1.28 bits per heavy atom. The summed E-state index contributed by atoms with van der Waals surface area (Å²) in [6.07, 6.45) is 3.42. The fraction of sp³-hybridized carbons (Fsp3) is 0.462. The van der Waals surface area contributed by atoms with Crippen LogP contribution < -0.4 is 9.47 Å². The monoisotopic (exact) mass is 332 g/mol. The van der Waals surface area contributed by atoms with Crippen LogP contribution in [0.1, 0.15) is 29.6 Å². The van der Waals surface area contributed by atoms with E-state index in [1.807, 2.05) is 6.07 Å². The summed E-state index contributed by atoms with van der Waals surface area (Å²) in [4.78, 5) is 12.2. The highest BCUT2D eigenvalue weighted by molar-refractivity contribution is 9.10. The molecule has 1 unspecified atom stereocenters. The molecular weight excluding hydrogens is 315 g/mol. The van der Waals surface area contributed by atoms with Crippen LogP contribution in [0.25, 0.3) is 0 Å². The topological polar surface area (TPSA) is 35.5 Å². The van der Waals surface area contributed by atoms with E-state index in [0.29, 0.717) is 23.5 Å². The molecule has 0 aromatic heterocycles. The maximum atomic E-state index is 12.2. The molecule has 0 N–H and O–H groups in total. The second kappa shape index (κ2) is 7.75. The minimum atomic E-state index is 0.0588. The lowest BCUT2D eigenvalue weighted by molar-refractivity contribution is 0.0973. The van der Waals surface area contributed by atoms with Gasteiger partial charge in [0.1, 0.15) is 17.1 Å². The smallest absolute Gasteiger partial charge is 0.170 e. The Balaban J connectivity index is 3.03. The third kappa shape index (κ3) is 3.69. The van der Waals surface area contributed by atoms with Gasteiger partial charge in [0, 0.05) is 6.42 Å². The number of ether oxygens (including phenoxy) is 2. The van der Waals surface area contributed by atoms with Gasteiger partial charge in [-0.1, -0.05) is 0 Å². The fourth-order valence-electron chi connectivity index (χ4n) is 1.73. The minimum Gasteiger partial charge on any atom is -0.496 e. The van der Waals surface area contributed by atoms with Crippen molar-refractivity contribution < 1.29 is 14.3 Å². The quantitative estimate of drug-likeness (QED) is 0.434. The standard InChI is InChI=1S/C13H18BrO3P/c1-16-11-7-6-9(14)13(17-2)12(11)10(15)5-3-4-8-18/h6-7H,3-5,8,18H2,1-2H3. The zero-order valence-electron chi connectivity index (χ0n) is 10.7. The third-order valence-corrected chi connectivity index (χ3v) is 3.66. The summed E-state index contributed by atoms with van der Waals surface area (Å²) in [5.41, 5.74) is 0.526. The van der Waals surface area contributed by atoms with Crippen LogP contribution in [0.4, 0.5) is 0 Å². The van der Waals surface area contributed by atoms with Gasteiger partial charge in [0.05, 0.1) is 18.7 Å². The second-order valence-corrected chi connectivity index (χ2v) is 5.26. The Labute approximate surface area is 119 Å². The number of unbranched alkanes of at least 4 members (excludes halogenated alkanes) is 1. The molecule has 5 heteroatoms. The molecule has 1 aromatic rings. The highest BCUT2D eigenvalue weighted by Gasteiger charge is 2.20. The number of hydrogen-bond donors (Lipinski definition) is 0. The van der Waals surface area contributed by atoms with E-state index >= 15 is 0 Å². The van der Waals surface area contributed by atoms with Gasteiger partial charge in [0.25, 0.3) is 0 Å². The van der Waals surface area contributed by atoms with Gasteiger partial charge >= 0.3 is 0 Å². The van der Waals surface area contributed by atoms with E-state index in [1.54, 1.807) is 20.3 Å². The van der Waals surface area contributed by atoms with Crippen LogP contribution >= 0.6 is 25.2 Å². The first-order valence-electron chi connectivity index (χ1n) is 5.79. The molecule has 3 nitrogen and oxygen atoms in total. The molecule has 0 aliphatic rings. The molecule has 0 saturated carbocycles. The largest absolute Gasteiger partial charge is 0.496 e. The first-order valence-corrected chi connectivity index (χ1v) is 7.40. The maximum absolute atomic E-state index is 12.2. The number of halogens is 1. The number of rotatable bonds is 7. The van der Waals surface area contributed by atoms with Crippen molar-refractivity contribution in [1.82, 2.24) is 0 Å². The molecule has 1 atom stereocenters. The predicted molar refractivity (Wildman–Crippen MR) is 80.0 cm³/mol. The molecule has 0 spiro atoms. The number of ketones is 1. The van der Waals surface area contributed by atoms with Gasteiger partial charge in [0.15, 0.2) is 5.78 Å². The molecule has 1 rings (SSSR count). The van der Waals surface area contributed by atoms with Gasteiger partial charge in [-0.2, -0.15) is 0 Å². The van der Waals surface area contributed by atoms with Crippen molar-refractivity contribution in [3.63, 3.8) is 0 Å². The van der Waals surface area contributed by atoms with E-state index in [2.05, 4.69) is 25.2 Å². The van der Waals surface area contributed by atoms with Crippen molar-refractivity contribution >= 4 is 31.0 Å². The lowest BCUT2D eigenvalue weighted by Gasteiger charge is -2.13. The van der Waals surface area contributed by atoms with Crippen molar-refractivity contribution in [2.24, 2.45) is 0 Å². The predicted octanol–water partition coefficient (Wildman–Crippen LogP) is 3.69. The SMILES string of the molecule is COc1ccc(Br)c(OC)c1C(=O)CCCCP. The summed E-state index contributed by atoms with van der Waals surface area (Å²) < 4.78 is 11.3. The lowest BCUT2D eigenvalue weighted by Crippen LogP contribution is -2.05. The van der Waals surface area contributed by atoms with Gasteiger partial charge < -0.3 is 9.47 Å². The summed E-state index contributed by atoms with van der Waals surface area (Å²) >= 11 is 3.38. The highest BCUT2D eigenvalue weighted by Crippen LogP contribution is 2.36. The second-order valence-electron chi connectivity index (χ2n) is 3.83. The fourth-order valence-corrected chi connectivity index (χ4v) is 2.51. The number of benzene rings is 1. The Bertz CT molecular complexity index is 421. The van der Waals surface area contributed by atoms with Crippen molar-refractivity contribution in [3.05, 3.63) is 22.2 Å². The number of carbonyl (C=O) groups excluding carboxylic acids is 1. The summed E-state index contributed by atoms with van der Waals surface area (Å²) in [5.74, 6) is 1.17. The molecule has 0 bridgehead atoms. The molecule has 0 radical (unpaired) electrons. The molecule has 1 aromatic carbocycles. The number of carbonyl (C=O) groups is 1. The van der Waals surface area contributed by atoms with Gasteiger partial charge in [-0.25, -0.2) is 0 Å². The number of Topliss-reactive ketones (excluding diaryl/α,β-unsaturated/α-hetero) is 1. The van der Waals surface area contributed by atoms with E-state index < -0.39 is 0 Å². The zero-order chi connectivity index (χ0) is 13.5. The van der Waals surface area contributed by atoms with Gasteiger partial charge in [-0.05, 0) is 47.1 Å². The lowest BCUT2D eigenvalue weighted by atomic mass is 10.0. The van der Waals surface area contributed by atoms with Crippen LogP contribution in [-0.4, -0.2) is 26.2 Å². The van der Waals surface area contributed by atoms with Crippen LogP contribution in [0.15, 0.2) is 16.6 Å². The zero-order valence-corrected chi connectivity index (χ0v) is 13.4. The van der Waals surface area contributed by atoms with E-state index in [1.165, 1.54) is 0 Å². The molecule has 100 valence electrons. The Morgan fingerprint density at radius 2 is 2.00 bits per heavy atom. The molecule has 0 saturated heterocycles. The molecule has 0 fully saturated rings. The molecule has 0 aliphatic heterocycles. The summed E-state index contributed by atoms with van der Waals surface area (Å²) in [6, 6.07) is 3.59. The van der Waals surface area contributed by atoms with Crippen LogP contribution in [0.5, 0.6) is 11.5 Å². The summed E-state index contributed by atoms with van der Waals surface area (Å²) in [6.45, 7) is 0. The van der Waals surface area contributed by atoms with Crippen LogP contribution in [0, 0.1) is 0 Å². The van der Waals surface area contributed by atoms with E-state index in [9.17, 15) is 4.79 Å². The maximum Gasteiger partial charge on any atom is 0.170 e. The first kappa shape index (κ1) is 15.5. The van der Waals surface area contributed by atoms with Crippen LogP contribution in [-0.2, 0) is 0 Å². The van der Waals surface area contributed by atoms with Crippen molar-refractivity contribution in [2.45, 2.75) is 19.3 Å². The molecule has 0 amide bonds. The first-order chi connectivity index (χ1) is 8.65. The highest BCUT2D eigenvalue weighted by atomic mass is 79.9. The van der Waals surface area contributed by atoms with E-state index in [-0.39, 0.29) is 5.78 Å². The van der Waals surface area contributed by atoms with E-state index in [4.69, 9.17) is 9.47 Å². The minimum absolute atomic E-state index is 0.0588. The number of hydrogen-bond acceptors (Lipinski definition) is 3. The Kier molecular flexibility index (Phi) is 6.66. The average Bonchev–Trinajstić information content (AvgIpc) is 2.38. The summed E-state index contributed by atoms with van der Waals surface area (Å²) in [5, 5.41) is 0. The van der Waals surface area contributed by atoms with Crippen molar-refractivity contribution in [1.29, 1.82) is 0 Å². The Morgan fingerprint density at radius 3 is 2.56 bits per heavy atom. The molecule has 18 heavy (non-hydrogen) atoms. The average molecular weight is 333 g/mol. The molecule has 0 aliphatic carbocycles. The Hall–Kier alpha value is -0.600. The summed E-state index contributed by atoms with van der Waals surface area (Å²) in [7, 11) is 5.78. The van der Waals surface area contributed by atoms with Crippen molar-refractivity contribution in [3.8, 4) is 11.5 Å². The molecular formula is C13H18BrO3P. The van der Waals surface area contributed by atoms with E-state index in [0.717, 1.165) is 23.5 Å². The van der Waals surface area contributed by atoms with Crippen LogP contribution in [0.3, 0.4) is 0 Å².